The van der Waals surface area contributed by atoms with Crippen molar-refractivity contribution in [3.05, 3.63) is 34.9 Å². The first kappa shape index (κ1) is 8.76. The van der Waals surface area contributed by atoms with Gasteiger partial charge in [-0.15, -0.1) is 0 Å². The number of halogens is 1. The van der Waals surface area contributed by atoms with Crippen LogP contribution in [0.25, 0.3) is 0 Å². The summed E-state index contributed by atoms with van der Waals surface area (Å²) in [6, 6.07) is 7.77. The van der Waals surface area contributed by atoms with Crippen LogP contribution in [-0.4, -0.2) is 6.29 Å². The van der Waals surface area contributed by atoms with Crippen molar-refractivity contribution in [1.82, 2.24) is 0 Å². The number of benzene rings is 1. The van der Waals surface area contributed by atoms with Crippen LogP contribution >= 0.6 is 11.6 Å². The third-order valence-electron chi connectivity index (χ3n) is 2.95. The van der Waals surface area contributed by atoms with E-state index in [1.807, 2.05) is 24.3 Å². The fourth-order valence-electron chi connectivity index (χ4n) is 1.77. The zero-order chi connectivity index (χ0) is 9.47. The van der Waals surface area contributed by atoms with Crippen LogP contribution in [-0.2, 0) is 10.2 Å². The van der Waals surface area contributed by atoms with E-state index in [1.54, 1.807) is 0 Å². The summed E-state index contributed by atoms with van der Waals surface area (Å²) >= 11 is 5.88. The summed E-state index contributed by atoms with van der Waals surface area (Å²) in [6.07, 6.45) is 2.00. The molecule has 1 aliphatic rings. The molecule has 1 nitrogen and oxygen atoms in total. The predicted octanol–water partition coefficient (Wildman–Crippen LogP) is 2.82. The van der Waals surface area contributed by atoms with Crippen LogP contribution < -0.4 is 0 Å². The van der Waals surface area contributed by atoms with E-state index in [1.165, 1.54) is 5.56 Å². The van der Waals surface area contributed by atoms with Crippen molar-refractivity contribution >= 4 is 17.9 Å². The van der Waals surface area contributed by atoms with Crippen molar-refractivity contribution in [2.75, 3.05) is 0 Å². The van der Waals surface area contributed by atoms with Crippen LogP contribution in [0.4, 0.5) is 0 Å². The van der Waals surface area contributed by atoms with Crippen LogP contribution in [0, 0.1) is 5.92 Å². The SMILES string of the molecule is CC1(c2cccc(Cl)c2)CC1C=O. The molecular formula is C11H11ClO. The number of rotatable bonds is 2. The lowest BCUT2D eigenvalue weighted by molar-refractivity contribution is -0.109. The van der Waals surface area contributed by atoms with E-state index >= 15 is 0 Å². The van der Waals surface area contributed by atoms with Gasteiger partial charge in [-0.2, -0.15) is 0 Å². The summed E-state index contributed by atoms with van der Waals surface area (Å²) in [5, 5.41) is 0.746. The molecule has 0 aliphatic heterocycles. The first-order valence-corrected chi connectivity index (χ1v) is 4.76. The van der Waals surface area contributed by atoms with E-state index in [-0.39, 0.29) is 11.3 Å². The quantitative estimate of drug-likeness (QED) is 0.662. The molecule has 0 radical (unpaired) electrons. The Bertz CT molecular complexity index is 348. The number of carbonyl (C=O) groups is 1. The maximum absolute atomic E-state index is 10.6. The Kier molecular flexibility index (Phi) is 1.92. The van der Waals surface area contributed by atoms with E-state index in [4.69, 9.17) is 11.6 Å². The molecule has 2 unspecified atom stereocenters. The van der Waals surface area contributed by atoms with Gasteiger partial charge in [-0.3, -0.25) is 0 Å². The summed E-state index contributed by atoms with van der Waals surface area (Å²) in [5.41, 5.74) is 1.23. The standard InChI is InChI=1S/C11H11ClO/c1-11(6-9(11)7-13)8-3-2-4-10(12)5-8/h2-5,7,9H,6H2,1H3. The smallest absolute Gasteiger partial charge is 0.123 e. The minimum Gasteiger partial charge on any atom is -0.303 e. The number of hydrogen-bond donors (Lipinski definition) is 0. The van der Waals surface area contributed by atoms with Gasteiger partial charge in [0.1, 0.15) is 6.29 Å². The largest absolute Gasteiger partial charge is 0.303 e. The minimum atomic E-state index is 0.0483. The van der Waals surface area contributed by atoms with Crippen LogP contribution in [0.3, 0.4) is 0 Å². The molecule has 68 valence electrons. The van der Waals surface area contributed by atoms with Crippen LogP contribution in [0.15, 0.2) is 24.3 Å². The molecule has 1 saturated carbocycles. The average Bonchev–Trinajstić information content (AvgIpc) is 2.79. The Labute approximate surface area is 82.7 Å². The van der Waals surface area contributed by atoms with Gasteiger partial charge >= 0.3 is 0 Å². The highest BCUT2D eigenvalue weighted by molar-refractivity contribution is 6.30. The molecule has 0 N–H and O–H groups in total. The first-order chi connectivity index (χ1) is 6.16. The molecule has 2 heteroatoms. The molecule has 0 bridgehead atoms. The van der Waals surface area contributed by atoms with E-state index in [0.717, 1.165) is 17.7 Å². The normalized spacial score (nSPS) is 31.4. The molecule has 0 heterocycles. The molecule has 1 aromatic rings. The zero-order valence-corrected chi connectivity index (χ0v) is 8.21. The van der Waals surface area contributed by atoms with Gasteiger partial charge in [0.15, 0.2) is 0 Å². The molecule has 1 fully saturated rings. The topological polar surface area (TPSA) is 17.1 Å². The summed E-state index contributed by atoms with van der Waals surface area (Å²) in [5.74, 6) is 0.186. The maximum Gasteiger partial charge on any atom is 0.123 e. The van der Waals surface area contributed by atoms with Crippen molar-refractivity contribution in [2.45, 2.75) is 18.8 Å². The minimum absolute atomic E-state index is 0.0483. The van der Waals surface area contributed by atoms with Gasteiger partial charge in [0.05, 0.1) is 0 Å². The third kappa shape index (κ3) is 1.37. The second-order valence-electron chi connectivity index (χ2n) is 3.87. The van der Waals surface area contributed by atoms with Crippen LogP contribution in [0.1, 0.15) is 18.9 Å². The fraction of sp³-hybridized carbons (Fsp3) is 0.364. The summed E-state index contributed by atoms with van der Waals surface area (Å²) in [7, 11) is 0. The monoisotopic (exact) mass is 194 g/mol. The Balaban J connectivity index is 2.32. The van der Waals surface area contributed by atoms with Gasteiger partial charge in [-0.25, -0.2) is 0 Å². The fourth-order valence-corrected chi connectivity index (χ4v) is 1.96. The second kappa shape index (κ2) is 2.85. The van der Waals surface area contributed by atoms with E-state index < -0.39 is 0 Å². The molecule has 1 aromatic carbocycles. The van der Waals surface area contributed by atoms with Crippen molar-refractivity contribution < 1.29 is 4.79 Å². The Morgan fingerprint density at radius 3 is 2.92 bits per heavy atom. The molecule has 0 aromatic heterocycles. The lowest BCUT2D eigenvalue weighted by Gasteiger charge is -2.09. The third-order valence-corrected chi connectivity index (χ3v) is 3.19. The predicted molar refractivity (Wildman–Crippen MR) is 53.0 cm³/mol. The summed E-state index contributed by atoms with van der Waals surface area (Å²) < 4.78 is 0. The lowest BCUT2D eigenvalue weighted by atomic mass is 9.96. The Morgan fingerprint density at radius 2 is 2.38 bits per heavy atom. The van der Waals surface area contributed by atoms with Gasteiger partial charge in [0.2, 0.25) is 0 Å². The zero-order valence-electron chi connectivity index (χ0n) is 7.46. The van der Waals surface area contributed by atoms with Crippen LogP contribution in [0.5, 0.6) is 0 Å². The van der Waals surface area contributed by atoms with E-state index in [2.05, 4.69) is 6.92 Å². The molecule has 2 atom stereocenters. The second-order valence-corrected chi connectivity index (χ2v) is 4.31. The molecular weight excluding hydrogens is 184 g/mol. The molecule has 0 saturated heterocycles. The van der Waals surface area contributed by atoms with Gasteiger partial charge < -0.3 is 4.79 Å². The Morgan fingerprint density at radius 1 is 1.62 bits per heavy atom. The van der Waals surface area contributed by atoms with Gasteiger partial charge in [-0.05, 0) is 24.1 Å². The van der Waals surface area contributed by atoms with E-state index in [9.17, 15) is 4.79 Å². The number of aldehydes is 1. The lowest BCUT2D eigenvalue weighted by Crippen LogP contribution is -2.04. The highest BCUT2D eigenvalue weighted by Crippen LogP contribution is 2.52. The summed E-state index contributed by atoms with van der Waals surface area (Å²) in [6.45, 7) is 2.11. The van der Waals surface area contributed by atoms with Gasteiger partial charge in [0.25, 0.3) is 0 Å². The highest BCUT2D eigenvalue weighted by atomic mass is 35.5. The Hall–Kier alpha value is -0.820. The molecule has 13 heavy (non-hydrogen) atoms. The molecule has 0 spiro atoms. The number of carbonyl (C=O) groups excluding carboxylic acids is 1. The summed E-state index contributed by atoms with van der Waals surface area (Å²) in [4.78, 5) is 10.6. The van der Waals surface area contributed by atoms with Crippen molar-refractivity contribution in [2.24, 2.45) is 5.92 Å². The van der Waals surface area contributed by atoms with Crippen LogP contribution in [0.2, 0.25) is 5.02 Å². The van der Waals surface area contributed by atoms with Crippen molar-refractivity contribution in [1.29, 1.82) is 0 Å². The molecule has 2 rings (SSSR count). The molecule has 0 amide bonds. The van der Waals surface area contributed by atoms with Crippen molar-refractivity contribution in [3.63, 3.8) is 0 Å². The van der Waals surface area contributed by atoms with Gasteiger partial charge in [-0.1, -0.05) is 30.7 Å². The van der Waals surface area contributed by atoms with Gasteiger partial charge in [0, 0.05) is 16.4 Å². The average molecular weight is 195 g/mol. The van der Waals surface area contributed by atoms with Crippen molar-refractivity contribution in [3.8, 4) is 0 Å². The number of hydrogen-bond acceptors (Lipinski definition) is 1. The highest BCUT2D eigenvalue weighted by Gasteiger charge is 2.51. The first-order valence-electron chi connectivity index (χ1n) is 4.38. The molecule has 1 aliphatic carbocycles. The maximum atomic E-state index is 10.6. The van der Waals surface area contributed by atoms with E-state index in [0.29, 0.717) is 0 Å².